The first kappa shape index (κ1) is 20.0. The van der Waals surface area contributed by atoms with Crippen LogP contribution in [-0.2, 0) is 6.54 Å². The van der Waals surface area contributed by atoms with Crippen molar-refractivity contribution in [2.75, 3.05) is 19.9 Å². The van der Waals surface area contributed by atoms with Crippen LogP contribution in [0.4, 0.5) is 0 Å². The van der Waals surface area contributed by atoms with Crippen molar-refractivity contribution in [1.29, 1.82) is 0 Å². The standard InChI is InChI=1S/C23H28N6O2/c1-16-10-19(27-23(26-16)28-9-7-24-14-28)20-4-3-8-29(20)17(2)12-25-13-18-5-6-21-22(11-18)31-15-30-21/h5-7,9-11,14,17,20,25H,3-4,8,12-13,15H2,1-2H3. The molecule has 1 N–H and O–H groups in total. The number of aromatic nitrogens is 4. The number of ether oxygens (including phenoxy) is 2. The minimum Gasteiger partial charge on any atom is -0.454 e. The first-order chi connectivity index (χ1) is 15.2. The van der Waals surface area contributed by atoms with E-state index in [4.69, 9.17) is 14.5 Å². The average Bonchev–Trinajstić information content (AvgIpc) is 3.54. The molecule has 8 heteroatoms. The minimum atomic E-state index is 0.310. The number of likely N-dealkylation sites (tertiary alicyclic amines) is 1. The zero-order valence-electron chi connectivity index (χ0n) is 18.0. The van der Waals surface area contributed by atoms with Gasteiger partial charge < -0.3 is 14.8 Å². The smallest absolute Gasteiger partial charge is 0.235 e. The lowest BCUT2D eigenvalue weighted by Crippen LogP contribution is -2.40. The highest BCUT2D eigenvalue weighted by Crippen LogP contribution is 2.34. The Labute approximate surface area is 182 Å². The Morgan fingerprint density at radius 2 is 2.10 bits per heavy atom. The van der Waals surface area contributed by atoms with E-state index in [1.165, 1.54) is 12.0 Å². The molecular weight excluding hydrogens is 392 g/mol. The Hall–Kier alpha value is -2.97. The van der Waals surface area contributed by atoms with E-state index in [9.17, 15) is 0 Å². The SMILES string of the molecule is Cc1cc(C2CCCN2C(C)CNCc2ccc3c(c2)OCO3)nc(-n2ccnc2)n1. The van der Waals surface area contributed by atoms with E-state index < -0.39 is 0 Å². The van der Waals surface area contributed by atoms with Gasteiger partial charge in [-0.25, -0.2) is 15.0 Å². The van der Waals surface area contributed by atoms with Crippen LogP contribution in [0.25, 0.3) is 5.95 Å². The zero-order valence-corrected chi connectivity index (χ0v) is 18.0. The second-order valence-corrected chi connectivity index (χ2v) is 8.27. The Morgan fingerprint density at radius 3 is 2.97 bits per heavy atom. The lowest BCUT2D eigenvalue weighted by atomic mass is 10.1. The zero-order chi connectivity index (χ0) is 21.2. The lowest BCUT2D eigenvalue weighted by Gasteiger charge is -2.31. The highest BCUT2D eigenvalue weighted by atomic mass is 16.7. The van der Waals surface area contributed by atoms with Gasteiger partial charge in [-0.3, -0.25) is 9.47 Å². The molecule has 0 radical (unpaired) electrons. The number of imidazole rings is 1. The summed E-state index contributed by atoms with van der Waals surface area (Å²) in [6.45, 7) is 7.42. The molecule has 8 nitrogen and oxygen atoms in total. The fourth-order valence-corrected chi connectivity index (χ4v) is 4.47. The van der Waals surface area contributed by atoms with Crippen LogP contribution in [0.3, 0.4) is 0 Å². The van der Waals surface area contributed by atoms with Crippen molar-refractivity contribution in [2.45, 2.75) is 45.3 Å². The maximum atomic E-state index is 5.48. The number of nitrogens with zero attached hydrogens (tertiary/aromatic N) is 5. The van der Waals surface area contributed by atoms with Crippen LogP contribution in [-0.4, -0.2) is 50.3 Å². The van der Waals surface area contributed by atoms with Crippen molar-refractivity contribution >= 4 is 0 Å². The molecule has 1 fully saturated rings. The van der Waals surface area contributed by atoms with Crippen molar-refractivity contribution in [3.8, 4) is 17.4 Å². The van der Waals surface area contributed by atoms with E-state index >= 15 is 0 Å². The molecule has 162 valence electrons. The van der Waals surface area contributed by atoms with E-state index in [1.54, 1.807) is 12.5 Å². The van der Waals surface area contributed by atoms with Gasteiger partial charge in [-0.2, -0.15) is 0 Å². The van der Waals surface area contributed by atoms with Gasteiger partial charge in [0, 0.05) is 37.2 Å². The van der Waals surface area contributed by atoms with Gasteiger partial charge in [0.25, 0.3) is 0 Å². The van der Waals surface area contributed by atoms with Crippen molar-refractivity contribution in [2.24, 2.45) is 0 Å². The summed E-state index contributed by atoms with van der Waals surface area (Å²) < 4.78 is 12.7. The molecule has 2 atom stereocenters. The van der Waals surface area contributed by atoms with Gasteiger partial charge in [0.1, 0.15) is 6.33 Å². The molecule has 4 heterocycles. The number of benzene rings is 1. The summed E-state index contributed by atoms with van der Waals surface area (Å²) in [5.74, 6) is 2.35. The molecular formula is C23H28N6O2. The van der Waals surface area contributed by atoms with E-state index in [-0.39, 0.29) is 0 Å². The van der Waals surface area contributed by atoms with Gasteiger partial charge in [-0.1, -0.05) is 6.07 Å². The Bertz CT molecular complexity index is 1040. The van der Waals surface area contributed by atoms with Crippen LogP contribution in [0.15, 0.2) is 43.0 Å². The normalized spacial score (nSPS) is 19.1. The molecule has 2 aliphatic heterocycles. The third kappa shape index (κ3) is 4.26. The third-order valence-electron chi connectivity index (χ3n) is 6.01. The third-order valence-corrected chi connectivity index (χ3v) is 6.01. The highest BCUT2D eigenvalue weighted by molar-refractivity contribution is 5.44. The molecule has 31 heavy (non-hydrogen) atoms. The summed E-state index contributed by atoms with van der Waals surface area (Å²) in [4.78, 5) is 16.2. The number of hydrogen-bond donors (Lipinski definition) is 1. The summed E-state index contributed by atoms with van der Waals surface area (Å²) in [6.07, 6.45) is 7.68. The lowest BCUT2D eigenvalue weighted by molar-refractivity contribution is 0.174. The maximum Gasteiger partial charge on any atom is 0.235 e. The van der Waals surface area contributed by atoms with Gasteiger partial charge in [-0.15, -0.1) is 0 Å². The summed E-state index contributed by atoms with van der Waals surface area (Å²) in [6, 6.07) is 8.95. The number of hydrogen-bond acceptors (Lipinski definition) is 7. The van der Waals surface area contributed by atoms with Gasteiger partial charge in [0.15, 0.2) is 11.5 Å². The molecule has 0 aliphatic carbocycles. The van der Waals surface area contributed by atoms with Crippen molar-refractivity contribution in [3.63, 3.8) is 0 Å². The molecule has 2 aliphatic rings. The first-order valence-corrected chi connectivity index (χ1v) is 10.9. The summed E-state index contributed by atoms with van der Waals surface area (Å²) >= 11 is 0. The molecule has 1 aromatic carbocycles. The van der Waals surface area contributed by atoms with E-state index in [0.717, 1.165) is 48.9 Å². The van der Waals surface area contributed by atoms with Gasteiger partial charge >= 0.3 is 0 Å². The van der Waals surface area contributed by atoms with E-state index in [0.29, 0.717) is 24.8 Å². The van der Waals surface area contributed by atoms with Gasteiger partial charge in [0.2, 0.25) is 12.7 Å². The summed E-state index contributed by atoms with van der Waals surface area (Å²) in [5.41, 5.74) is 3.27. The monoisotopic (exact) mass is 420 g/mol. The quantitative estimate of drug-likeness (QED) is 0.630. The Morgan fingerprint density at radius 1 is 1.19 bits per heavy atom. The molecule has 2 unspecified atom stereocenters. The number of aryl methyl sites for hydroxylation is 1. The maximum absolute atomic E-state index is 5.48. The van der Waals surface area contributed by atoms with Crippen LogP contribution in [0.5, 0.6) is 11.5 Å². The van der Waals surface area contributed by atoms with Crippen molar-refractivity contribution < 1.29 is 9.47 Å². The molecule has 0 bridgehead atoms. The second-order valence-electron chi connectivity index (χ2n) is 8.27. The minimum absolute atomic E-state index is 0.310. The fraction of sp³-hybridized carbons (Fsp3) is 0.435. The predicted molar refractivity (Wildman–Crippen MR) is 116 cm³/mol. The number of nitrogens with one attached hydrogen (secondary N) is 1. The van der Waals surface area contributed by atoms with E-state index in [2.05, 4.69) is 45.3 Å². The van der Waals surface area contributed by atoms with E-state index in [1.807, 2.05) is 23.8 Å². The molecule has 0 spiro atoms. The van der Waals surface area contributed by atoms with Gasteiger partial charge in [0.05, 0.1) is 11.7 Å². The number of rotatable bonds is 7. The molecule has 5 rings (SSSR count). The van der Waals surface area contributed by atoms with Crippen LogP contribution >= 0.6 is 0 Å². The molecule has 2 aromatic heterocycles. The summed E-state index contributed by atoms with van der Waals surface area (Å²) in [5, 5.41) is 3.60. The van der Waals surface area contributed by atoms with Crippen LogP contribution < -0.4 is 14.8 Å². The number of fused-ring (bicyclic) bond motifs is 1. The van der Waals surface area contributed by atoms with Crippen LogP contribution in [0.1, 0.15) is 42.8 Å². The topological polar surface area (TPSA) is 77.3 Å². The van der Waals surface area contributed by atoms with Crippen LogP contribution in [0, 0.1) is 6.92 Å². The molecule has 3 aromatic rings. The van der Waals surface area contributed by atoms with Crippen molar-refractivity contribution in [1.82, 2.24) is 29.7 Å². The average molecular weight is 421 g/mol. The second kappa shape index (κ2) is 8.64. The first-order valence-electron chi connectivity index (χ1n) is 10.9. The predicted octanol–water partition coefficient (Wildman–Crippen LogP) is 3.01. The Kier molecular flexibility index (Phi) is 5.57. The molecule has 0 saturated carbocycles. The molecule has 0 amide bonds. The summed E-state index contributed by atoms with van der Waals surface area (Å²) in [7, 11) is 0. The Balaban J connectivity index is 1.24. The van der Waals surface area contributed by atoms with Gasteiger partial charge in [-0.05, 0) is 57.0 Å². The molecule has 1 saturated heterocycles. The fourth-order valence-electron chi connectivity index (χ4n) is 4.47. The highest BCUT2D eigenvalue weighted by Gasteiger charge is 2.31. The van der Waals surface area contributed by atoms with Crippen molar-refractivity contribution in [3.05, 3.63) is 59.9 Å². The van der Waals surface area contributed by atoms with Crippen LogP contribution in [0.2, 0.25) is 0 Å². The largest absolute Gasteiger partial charge is 0.454 e.